The number of benzene rings is 1. The zero-order chi connectivity index (χ0) is 16.8. The fourth-order valence-corrected chi connectivity index (χ4v) is 2.71. The molecule has 6 nitrogen and oxygen atoms in total. The van der Waals surface area contributed by atoms with E-state index in [1.165, 1.54) is 4.90 Å². The lowest BCUT2D eigenvalue weighted by atomic mass is 9.91. The lowest BCUT2D eigenvalue weighted by Crippen LogP contribution is -2.47. The van der Waals surface area contributed by atoms with Crippen LogP contribution in [-0.4, -0.2) is 41.7 Å². The molecule has 23 heavy (non-hydrogen) atoms. The van der Waals surface area contributed by atoms with Crippen LogP contribution in [0.1, 0.15) is 13.3 Å². The number of para-hydroxylation sites is 2. The highest BCUT2D eigenvalue weighted by Gasteiger charge is 2.32. The predicted molar refractivity (Wildman–Crippen MR) is 86.3 cm³/mol. The van der Waals surface area contributed by atoms with Crippen LogP contribution in [-0.2, 0) is 4.79 Å². The Morgan fingerprint density at radius 1 is 1.43 bits per heavy atom. The van der Waals surface area contributed by atoms with Crippen molar-refractivity contribution in [3.8, 4) is 18.1 Å². The Bertz CT molecular complexity index is 623. The number of amides is 2. The Balaban J connectivity index is 2.07. The maximum absolute atomic E-state index is 12.4. The normalized spacial score (nSPS) is 20.4. The number of piperidine rings is 1. The van der Waals surface area contributed by atoms with E-state index in [9.17, 15) is 14.7 Å². The first kappa shape index (κ1) is 16.7. The van der Waals surface area contributed by atoms with Crippen molar-refractivity contribution < 1.29 is 19.4 Å². The van der Waals surface area contributed by atoms with Gasteiger partial charge in [-0.3, -0.25) is 4.79 Å². The first-order valence-electron chi connectivity index (χ1n) is 7.45. The molecule has 0 saturated carbocycles. The van der Waals surface area contributed by atoms with E-state index in [0.717, 1.165) is 0 Å². The van der Waals surface area contributed by atoms with Gasteiger partial charge in [0.2, 0.25) is 0 Å². The number of nitrogens with one attached hydrogen (secondary N) is 1. The van der Waals surface area contributed by atoms with Gasteiger partial charge in [-0.1, -0.05) is 25.0 Å². The first-order valence-corrected chi connectivity index (χ1v) is 7.45. The largest absolute Gasteiger partial charge is 0.481 e. The summed E-state index contributed by atoms with van der Waals surface area (Å²) >= 11 is 0. The van der Waals surface area contributed by atoms with E-state index in [1.807, 2.05) is 6.92 Å². The van der Waals surface area contributed by atoms with Crippen LogP contribution >= 0.6 is 0 Å². The predicted octanol–water partition coefficient (Wildman–Crippen LogP) is 2.27. The Morgan fingerprint density at radius 3 is 2.87 bits per heavy atom. The van der Waals surface area contributed by atoms with Gasteiger partial charge in [-0.05, 0) is 24.5 Å². The molecule has 0 radical (unpaired) electrons. The van der Waals surface area contributed by atoms with Crippen molar-refractivity contribution in [2.45, 2.75) is 13.3 Å². The summed E-state index contributed by atoms with van der Waals surface area (Å²) in [5, 5.41) is 12.0. The smallest absolute Gasteiger partial charge is 0.321 e. The van der Waals surface area contributed by atoms with Crippen molar-refractivity contribution in [2.24, 2.45) is 11.8 Å². The lowest BCUT2D eigenvalue weighted by molar-refractivity contribution is -0.143. The maximum atomic E-state index is 12.4. The molecule has 1 aromatic carbocycles. The van der Waals surface area contributed by atoms with E-state index in [4.69, 9.17) is 11.2 Å². The van der Waals surface area contributed by atoms with Crippen molar-refractivity contribution in [1.29, 1.82) is 0 Å². The Morgan fingerprint density at radius 2 is 2.17 bits per heavy atom. The van der Waals surface area contributed by atoms with Gasteiger partial charge in [0.05, 0.1) is 11.6 Å². The summed E-state index contributed by atoms with van der Waals surface area (Å²) in [4.78, 5) is 25.2. The van der Waals surface area contributed by atoms with Crippen LogP contribution < -0.4 is 10.1 Å². The highest BCUT2D eigenvalue weighted by molar-refractivity contribution is 5.91. The van der Waals surface area contributed by atoms with E-state index in [2.05, 4.69) is 11.2 Å². The van der Waals surface area contributed by atoms with Gasteiger partial charge in [0.25, 0.3) is 0 Å². The zero-order valence-electron chi connectivity index (χ0n) is 13.0. The Hall–Kier alpha value is -2.68. The number of anilines is 1. The standard InChI is InChI=1S/C17H20N2O4/c1-3-8-23-15-7-5-4-6-14(15)18-17(22)19-10-12(2)9-13(11-19)16(20)21/h1,4-7,12-13H,8-11H2,2H3,(H,18,22)(H,20,21). The van der Waals surface area contributed by atoms with Crippen LogP contribution in [0.5, 0.6) is 5.75 Å². The fraction of sp³-hybridized carbons (Fsp3) is 0.412. The van der Waals surface area contributed by atoms with Gasteiger partial charge in [-0.25, -0.2) is 4.79 Å². The van der Waals surface area contributed by atoms with Crippen molar-refractivity contribution >= 4 is 17.7 Å². The Labute approximate surface area is 135 Å². The molecule has 1 aromatic rings. The second kappa shape index (κ2) is 7.54. The van der Waals surface area contributed by atoms with Gasteiger partial charge in [0.1, 0.15) is 12.4 Å². The summed E-state index contributed by atoms with van der Waals surface area (Å²) in [6.45, 7) is 2.79. The Kier molecular flexibility index (Phi) is 5.47. The van der Waals surface area contributed by atoms with Crippen molar-refractivity contribution in [2.75, 3.05) is 25.0 Å². The second-order valence-corrected chi connectivity index (χ2v) is 5.70. The molecule has 0 aromatic heterocycles. The number of carboxylic acid groups (broad SMARTS) is 1. The number of carboxylic acids is 1. The molecule has 1 heterocycles. The number of rotatable bonds is 4. The number of nitrogens with zero attached hydrogens (tertiary/aromatic N) is 1. The van der Waals surface area contributed by atoms with Crippen molar-refractivity contribution in [3.63, 3.8) is 0 Å². The van der Waals surface area contributed by atoms with Crippen LogP contribution in [0, 0.1) is 24.2 Å². The minimum Gasteiger partial charge on any atom is -0.481 e. The average molecular weight is 316 g/mol. The van der Waals surface area contributed by atoms with Gasteiger partial charge >= 0.3 is 12.0 Å². The summed E-state index contributed by atoms with van der Waals surface area (Å²) < 4.78 is 5.39. The molecule has 2 rings (SSSR count). The van der Waals surface area contributed by atoms with E-state index in [-0.39, 0.29) is 25.1 Å². The molecule has 2 atom stereocenters. The topological polar surface area (TPSA) is 78.9 Å². The molecule has 2 N–H and O–H groups in total. The number of hydrogen-bond acceptors (Lipinski definition) is 3. The third kappa shape index (κ3) is 4.39. The number of hydrogen-bond donors (Lipinski definition) is 2. The van der Waals surface area contributed by atoms with Crippen LogP contribution in [0.15, 0.2) is 24.3 Å². The SMILES string of the molecule is C#CCOc1ccccc1NC(=O)N1CC(C)CC(C(=O)O)C1. The first-order chi connectivity index (χ1) is 11.0. The monoisotopic (exact) mass is 316 g/mol. The fourth-order valence-electron chi connectivity index (χ4n) is 2.71. The lowest BCUT2D eigenvalue weighted by Gasteiger charge is -2.34. The van der Waals surface area contributed by atoms with Gasteiger partial charge < -0.3 is 20.1 Å². The summed E-state index contributed by atoms with van der Waals surface area (Å²) in [7, 11) is 0. The van der Waals surface area contributed by atoms with E-state index in [1.54, 1.807) is 24.3 Å². The molecule has 1 saturated heterocycles. The number of urea groups is 1. The van der Waals surface area contributed by atoms with Gasteiger partial charge in [-0.15, -0.1) is 6.42 Å². The van der Waals surface area contributed by atoms with Crippen molar-refractivity contribution in [3.05, 3.63) is 24.3 Å². The highest BCUT2D eigenvalue weighted by atomic mass is 16.5. The highest BCUT2D eigenvalue weighted by Crippen LogP contribution is 2.26. The summed E-state index contributed by atoms with van der Waals surface area (Å²) in [6, 6.07) is 6.65. The third-order valence-electron chi connectivity index (χ3n) is 3.74. The van der Waals surface area contributed by atoms with Crippen LogP contribution in [0.3, 0.4) is 0 Å². The number of ether oxygens (including phenoxy) is 1. The van der Waals surface area contributed by atoms with Crippen LogP contribution in [0.25, 0.3) is 0 Å². The van der Waals surface area contributed by atoms with Gasteiger partial charge in [-0.2, -0.15) is 0 Å². The number of likely N-dealkylation sites (tertiary alicyclic amines) is 1. The molecule has 122 valence electrons. The van der Waals surface area contributed by atoms with E-state index < -0.39 is 11.9 Å². The maximum Gasteiger partial charge on any atom is 0.321 e. The number of carbonyl (C=O) groups is 2. The van der Waals surface area contributed by atoms with Gasteiger partial charge in [0.15, 0.2) is 0 Å². The molecule has 0 aliphatic carbocycles. The molecule has 1 fully saturated rings. The van der Waals surface area contributed by atoms with Crippen molar-refractivity contribution in [1.82, 2.24) is 4.90 Å². The van der Waals surface area contributed by atoms with Crippen LogP contribution in [0.2, 0.25) is 0 Å². The minimum absolute atomic E-state index is 0.106. The summed E-state index contributed by atoms with van der Waals surface area (Å²) in [5.74, 6) is 1.60. The molecular weight excluding hydrogens is 296 g/mol. The average Bonchev–Trinajstić information content (AvgIpc) is 2.53. The zero-order valence-corrected chi connectivity index (χ0v) is 13.0. The second-order valence-electron chi connectivity index (χ2n) is 5.70. The number of carbonyl (C=O) groups excluding carboxylic acids is 1. The molecular formula is C17H20N2O4. The minimum atomic E-state index is -0.868. The molecule has 6 heteroatoms. The van der Waals surface area contributed by atoms with E-state index in [0.29, 0.717) is 24.4 Å². The molecule has 2 unspecified atom stereocenters. The summed E-state index contributed by atoms with van der Waals surface area (Å²) in [5.41, 5.74) is 0.512. The molecule has 2 amide bonds. The molecule has 0 bridgehead atoms. The molecule has 1 aliphatic rings. The quantitative estimate of drug-likeness (QED) is 0.835. The number of aliphatic carboxylic acids is 1. The molecule has 0 spiro atoms. The van der Waals surface area contributed by atoms with E-state index >= 15 is 0 Å². The van der Waals surface area contributed by atoms with Crippen LogP contribution in [0.4, 0.5) is 10.5 Å². The molecule has 1 aliphatic heterocycles. The summed E-state index contributed by atoms with van der Waals surface area (Å²) in [6.07, 6.45) is 5.76. The third-order valence-corrected chi connectivity index (χ3v) is 3.74. The van der Waals surface area contributed by atoms with Gasteiger partial charge in [0, 0.05) is 13.1 Å². The number of terminal acetylenes is 1.